The van der Waals surface area contributed by atoms with E-state index in [0.29, 0.717) is 17.2 Å². The first kappa shape index (κ1) is 13.2. The summed E-state index contributed by atoms with van der Waals surface area (Å²) in [6, 6.07) is 9.18. The normalized spacial score (nSPS) is 11.0. The van der Waals surface area contributed by atoms with Gasteiger partial charge in [0, 0.05) is 11.8 Å². The molecule has 0 aliphatic rings. The van der Waals surface area contributed by atoms with Crippen LogP contribution in [0.4, 0.5) is 5.82 Å². The second-order valence-corrected chi connectivity index (χ2v) is 5.08. The first-order valence-electron chi connectivity index (χ1n) is 6.56. The number of nitrogens with two attached hydrogens (primary N) is 1. The summed E-state index contributed by atoms with van der Waals surface area (Å²) in [5, 5.41) is 9.25. The molecule has 0 saturated heterocycles. The molecule has 1 aromatic carbocycles. The minimum atomic E-state index is -1.02. The van der Waals surface area contributed by atoms with Gasteiger partial charge in [0.05, 0.1) is 0 Å². The summed E-state index contributed by atoms with van der Waals surface area (Å²) in [6.45, 7) is 4.01. The predicted molar refractivity (Wildman–Crippen MR) is 81.5 cm³/mol. The van der Waals surface area contributed by atoms with E-state index in [2.05, 4.69) is 11.1 Å². The molecule has 0 atom stereocenters. The van der Waals surface area contributed by atoms with E-state index in [9.17, 15) is 9.90 Å². The van der Waals surface area contributed by atoms with E-state index in [-0.39, 0.29) is 5.56 Å². The molecule has 106 valence electrons. The number of hydrogen-bond donors (Lipinski definition) is 2. The van der Waals surface area contributed by atoms with Crippen LogP contribution in [0.5, 0.6) is 0 Å². The number of imidazole rings is 1. The first-order valence-corrected chi connectivity index (χ1v) is 6.56. The van der Waals surface area contributed by atoms with Crippen molar-refractivity contribution in [3.05, 3.63) is 53.2 Å². The SMILES string of the molecule is Cc1ccc(-c2nc3c(C(=O)O)cccn3c2N)c(C)c1. The zero-order chi connectivity index (χ0) is 15.1. The number of aromatic nitrogens is 2. The minimum absolute atomic E-state index is 0.139. The van der Waals surface area contributed by atoms with Gasteiger partial charge in [0.25, 0.3) is 0 Å². The van der Waals surface area contributed by atoms with Crippen LogP contribution in [0.1, 0.15) is 21.5 Å². The average Bonchev–Trinajstić information content (AvgIpc) is 2.76. The molecule has 21 heavy (non-hydrogen) atoms. The molecule has 3 N–H and O–H groups in total. The molecule has 5 nitrogen and oxygen atoms in total. The van der Waals surface area contributed by atoms with Crippen LogP contribution >= 0.6 is 0 Å². The van der Waals surface area contributed by atoms with Gasteiger partial charge in [0.15, 0.2) is 5.65 Å². The summed E-state index contributed by atoms with van der Waals surface area (Å²) in [6.07, 6.45) is 1.72. The number of pyridine rings is 1. The van der Waals surface area contributed by atoms with Crippen molar-refractivity contribution < 1.29 is 9.90 Å². The summed E-state index contributed by atoms with van der Waals surface area (Å²) >= 11 is 0. The van der Waals surface area contributed by atoms with Gasteiger partial charge in [-0.15, -0.1) is 0 Å². The monoisotopic (exact) mass is 281 g/mol. The standard InChI is InChI=1S/C16H15N3O2/c1-9-5-6-11(10(2)8-9)13-14(17)19-7-3-4-12(16(20)21)15(19)18-13/h3-8H,17H2,1-2H3,(H,20,21). The molecule has 0 aliphatic heterocycles. The number of carboxylic acids is 1. The van der Waals surface area contributed by atoms with Gasteiger partial charge >= 0.3 is 5.97 Å². The number of hydrogen-bond acceptors (Lipinski definition) is 3. The summed E-state index contributed by atoms with van der Waals surface area (Å²) in [4.78, 5) is 15.7. The van der Waals surface area contributed by atoms with Crippen LogP contribution in [-0.2, 0) is 0 Å². The molecule has 0 bridgehead atoms. The maximum absolute atomic E-state index is 11.3. The molecule has 0 fully saturated rings. The van der Waals surface area contributed by atoms with E-state index in [4.69, 9.17) is 5.73 Å². The average molecular weight is 281 g/mol. The number of carboxylic acid groups (broad SMARTS) is 1. The van der Waals surface area contributed by atoms with Crippen LogP contribution in [0.15, 0.2) is 36.5 Å². The smallest absolute Gasteiger partial charge is 0.339 e. The van der Waals surface area contributed by atoms with Crippen LogP contribution in [0, 0.1) is 13.8 Å². The lowest BCUT2D eigenvalue weighted by atomic mass is 10.0. The second kappa shape index (κ2) is 4.63. The molecule has 0 saturated carbocycles. The zero-order valence-corrected chi connectivity index (χ0v) is 11.8. The van der Waals surface area contributed by atoms with E-state index in [1.165, 1.54) is 6.07 Å². The summed E-state index contributed by atoms with van der Waals surface area (Å²) < 4.78 is 1.61. The van der Waals surface area contributed by atoms with Crippen molar-refractivity contribution in [2.24, 2.45) is 0 Å². The van der Waals surface area contributed by atoms with Crippen molar-refractivity contribution in [2.45, 2.75) is 13.8 Å². The lowest BCUT2D eigenvalue weighted by molar-refractivity contribution is 0.0698. The highest BCUT2D eigenvalue weighted by molar-refractivity contribution is 5.96. The van der Waals surface area contributed by atoms with Gasteiger partial charge in [-0.05, 0) is 31.5 Å². The Morgan fingerprint density at radius 3 is 2.71 bits per heavy atom. The van der Waals surface area contributed by atoms with Gasteiger partial charge in [0.1, 0.15) is 17.1 Å². The Balaban J connectivity index is 2.32. The number of carbonyl (C=O) groups is 1. The van der Waals surface area contributed by atoms with Crippen molar-refractivity contribution in [1.82, 2.24) is 9.38 Å². The fourth-order valence-corrected chi connectivity index (χ4v) is 2.53. The van der Waals surface area contributed by atoms with E-state index in [0.717, 1.165) is 16.7 Å². The molecular weight excluding hydrogens is 266 g/mol. The highest BCUT2D eigenvalue weighted by Crippen LogP contribution is 2.30. The number of anilines is 1. The molecule has 5 heteroatoms. The molecule has 3 rings (SSSR count). The van der Waals surface area contributed by atoms with Crippen LogP contribution in [0.2, 0.25) is 0 Å². The zero-order valence-electron chi connectivity index (χ0n) is 11.8. The highest BCUT2D eigenvalue weighted by Gasteiger charge is 2.17. The van der Waals surface area contributed by atoms with E-state index in [1.54, 1.807) is 16.7 Å². The lowest BCUT2D eigenvalue weighted by Crippen LogP contribution is -2.01. The molecule has 0 amide bonds. The number of aromatic carboxylic acids is 1. The molecule has 2 heterocycles. The second-order valence-electron chi connectivity index (χ2n) is 5.08. The van der Waals surface area contributed by atoms with Gasteiger partial charge in [-0.2, -0.15) is 0 Å². The molecule has 3 aromatic rings. The maximum atomic E-state index is 11.3. The largest absolute Gasteiger partial charge is 0.478 e. The highest BCUT2D eigenvalue weighted by atomic mass is 16.4. The summed E-state index contributed by atoms with van der Waals surface area (Å²) in [5.41, 5.74) is 10.4. The summed E-state index contributed by atoms with van der Waals surface area (Å²) in [7, 11) is 0. The Labute approximate surface area is 121 Å². The quantitative estimate of drug-likeness (QED) is 0.756. The van der Waals surface area contributed by atoms with Gasteiger partial charge in [0.2, 0.25) is 0 Å². The topological polar surface area (TPSA) is 80.6 Å². The number of aryl methyl sites for hydroxylation is 2. The van der Waals surface area contributed by atoms with Gasteiger partial charge in [-0.3, -0.25) is 4.40 Å². The van der Waals surface area contributed by atoms with Crippen molar-refractivity contribution >= 4 is 17.4 Å². The number of nitrogens with zero attached hydrogens (tertiary/aromatic N) is 2. The van der Waals surface area contributed by atoms with Gasteiger partial charge < -0.3 is 10.8 Å². The van der Waals surface area contributed by atoms with Crippen molar-refractivity contribution in [2.75, 3.05) is 5.73 Å². The Morgan fingerprint density at radius 1 is 1.29 bits per heavy atom. The Morgan fingerprint density at radius 2 is 2.05 bits per heavy atom. The van der Waals surface area contributed by atoms with E-state index < -0.39 is 5.97 Å². The van der Waals surface area contributed by atoms with Crippen LogP contribution < -0.4 is 5.73 Å². The predicted octanol–water partition coefficient (Wildman–Crippen LogP) is 2.90. The number of benzene rings is 1. The fourth-order valence-electron chi connectivity index (χ4n) is 2.53. The Kier molecular flexibility index (Phi) is 2.90. The molecule has 0 unspecified atom stereocenters. The van der Waals surface area contributed by atoms with Crippen molar-refractivity contribution in [1.29, 1.82) is 0 Å². The molecular formula is C16H15N3O2. The molecule has 0 radical (unpaired) electrons. The molecule has 0 aliphatic carbocycles. The molecule has 2 aromatic heterocycles. The Bertz CT molecular complexity index is 865. The first-order chi connectivity index (χ1) is 9.99. The lowest BCUT2D eigenvalue weighted by Gasteiger charge is -2.05. The number of fused-ring (bicyclic) bond motifs is 1. The van der Waals surface area contributed by atoms with E-state index in [1.807, 2.05) is 26.0 Å². The Hall–Kier alpha value is -2.82. The van der Waals surface area contributed by atoms with Crippen molar-refractivity contribution in [3.63, 3.8) is 0 Å². The number of nitrogen functional groups attached to an aromatic ring is 1. The van der Waals surface area contributed by atoms with Crippen molar-refractivity contribution in [3.8, 4) is 11.3 Å². The summed E-state index contributed by atoms with van der Waals surface area (Å²) in [5.74, 6) is -0.571. The third-order valence-electron chi connectivity index (χ3n) is 3.55. The van der Waals surface area contributed by atoms with Crippen LogP contribution in [0.25, 0.3) is 16.9 Å². The maximum Gasteiger partial charge on any atom is 0.339 e. The van der Waals surface area contributed by atoms with Crippen LogP contribution in [0.3, 0.4) is 0 Å². The fraction of sp³-hybridized carbons (Fsp3) is 0.125. The van der Waals surface area contributed by atoms with E-state index >= 15 is 0 Å². The van der Waals surface area contributed by atoms with Gasteiger partial charge in [-0.1, -0.05) is 23.8 Å². The molecule has 0 spiro atoms. The van der Waals surface area contributed by atoms with Crippen LogP contribution in [-0.4, -0.2) is 20.5 Å². The van der Waals surface area contributed by atoms with Gasteiger partial charge in [-0.25, -0.2) is 9.78 Å². The number of rotatable bonds is 2. The third-order valence-corrected chi connectivity index (χ3v) is 3.55. The third kappa shape index (κ3) is 2.03. The minimum Gasteiger partial charge on any atom is -0.478 e.